The van der Waals surface area contributed by atoms with Crippen LogP contribution in [0.2, 0.25) is 0 Å². The minimum Gasteiger partial charge on any atom is -0.349 e. The zero-order valence-corrected chi connectivity index (χ0v) is 11.8. The molecule has 1 aliphatic carbocycles. The number of hydrogen-bond acceptors (Lipinski definition) is 4. The Labute approximate surface area is 117 Å². The van der Waals surface area contributed by atoms with Crippen LogP contribution in [0.3, 0.4) is 0 Å². The van der Waals surface area contributed by atoms with Crippen LogP contribution in [0, 0.1) is 16.0 Å². The van der Waals surface area contributed by atoms with Gasteiger partial charge in [-0.3, -0.25) is 19.6 Å². The quantitative estimate of drug-likeness (QED) is 0.673. The summed E-state index contributed by atoms with van der Waals surface area (Å²) in [5.74, 6) is 0.284. The zero-order valence-electron chi connectivity index (χ0n) is 11.8. The first-order chi connectivity index (χ1) is 9.40. The van der Waals surface area contributed by atoms with E-state index >= 15 is 0 Å². The average Bonchev–Trinajstić information content (AvgIpc) is 2.81. The molecule has 7 heteroatoms. The minimum atomic E-state index is -0.522. The number of carbonyl (C=O) groups excluding carboxylic acids is 1. The van der Waals surface area contributed by atoms with Gasteiger partial charge in [-0.25, -0.2) is 0 Å². The van der Waals surface area contributed by atoms with E-state index in [1.165, 1.54) is 17.3 Å². The summed E-state index contributed by atoms with van der Waals surface area (Å²) in [4.78, 5) is 22.1. The highest BCUT2D eigenvalue weighted by atomic mass is 16.6. The van der Waals surface area contributed by atoms with Crippen molar-refractivity contribution in [3.63, 3.8) is 0 Å². The predicted octanol–water partition coefficient (Wildman–Crippen LogP) is 1.88. The Balaban J connectivity index is 1.96. The first-order valence-corrected chi connectivity index (χ1v) is 6.88. The van der Waals surface area contributed by atoms with E-state index in [2.05, 4.69) is 24.3 Å². The Morgan fingerprint density at radius 1 is 1.65 bits per heavy atom. The Hall–Kier alpha value is -1.92. The molecule has 1 aliphatic rings. The lowest BCUT2D eigenvalue weighted by Crippen LogP contribution is -2.53. The third kappa shape index (κ3) is 3.15. The van der Waals surface area contributed by atoms with Crippen LogP contribution in [0.15, 0.2) is 12.4 Å². The largest absolute Gasteiger partial charge is 0.349 e. The Morgan fingerprint density at radius 2 is 2.40 bits per heavy atom. The maximum Gasteiger partial charge on any atom is 0.307 e. The van der Waals surface area contributed by atoms with Crippen LogP contribution >= 0.6 is 0 Å². The summed E-state index contributed by atoms with van der Waals surface area (Å²) in [7, 11) is 0. The van der Waals surface area contributed by atoms with Gasteiger partial charge in [0.05, 0.1) is 4.92 Å². The molecule has 0 spiro atoms. The van der Waals surface area contributed by atoms with Crippen LogP contribution in [0.25, 0.3) is 0 Å². The van der Waals surface area contributed by atoms with Crippen molar-refractivity contribution < 1.29 is 9.72 Å². The lowest BCUT2D eigenvalue weighted by molar-refractivity contribution is -0.385. The van der Waals surface area contributed by atoms with Crippen molar-refractivity contribution in [2.75, 3.05) is 0 Å². The van der Waals surface area contributed by atoms with Crippen molar-refractivity contribution in [2.45, 2.75) is 51.6 Å². The summed E-state index contributed by atoms with van der Waals surface area (Å²) >= 11 is 0. The first-order valence-electron chi connectivity index (χ1n) is 6.88. The molecule has 1 N–H and O–H groups in total. The third-order valence-electron chi connectivity index (χ3n) is 4.23. The van der Waals surface area contributed by atoms with Gasteiger partial charge < -0.3 is 5.32 Å². The third-order valence-corrected chi connectivity index (χ3v) is 4.23. The van der Waals surface area contributed by atoms with Gasteiger partial charge in [0.1, 0.15) is 18.9 Å². The van der Waals surface area contributed by atoms with Crippen LogP contribution in [0.5, 0.6) is 0 Å². The summed E-state index contributed by atoms with van der Waals surface area (Å²) in [6.45, 7) is 4.23. The lowest BCUT2D eigenvalue weighted by Gasteiger charge is -2.40. The van der Waals surface area contributed by atoms with E-state index in [1.54, 1.807) is 0 Å². The molecular formula is C13H20N4O3. The van der Waals surface area contributed by atoms with Crippen LogP contribution in [-0.4, -0.2) is 26.1 Å². The molecular weight excluding hydrogens is 260 g/mol. The smallest absolute Gasteiger partial charge is 0.307 e. The highest BCUT2D eigenvalue weighted by molar-refractivity contribution is 5.76. The van der Waals surface area contributed by atoms with E-state index in [9.17, 15) is 14.9 Å². The van der Waals surface area contributed by atoms with Crippen molar-refractivity contribution in [1.29, 1.82) is 0 Å². The van der Waals surface area contributed by atoms with Gasteiger partial charge in [0.2, 0.25) is 5.91 Å². The van der Waals surface area contributed by atoms with E-state index in [0.717, 1.165) is 25.5 Å². The predicted molar refractivity (Wildman–Crippen MR) is 73.1 cm³/mol. The zero-order chi connectivity index (χ0) is 14.8. The number of nitrogens with one attached hydrogen (secondary N) is 1. The van der Waals surface area contributed by atoms with Gasteiger partial charge in [0.25, 0.3) is 0 Å². The molecule has 1 saturated carbocycles. The van der Waals surface area contributed by atoms with Gasteiger partial charge in [0.15, 0.2) is 0 Å². The Bertz CT molecular complexity index is 513. The average molecular weight is 280 g/mol. The van der Waals surface area contributed by atoms with Gasteiger partial charge >= 0.3 is 5.69 Å². The minimum absolute atomic E-state index is 0.0101. The molecule has 1 heterocycles. The van der Waals surface area contributed by atoms with Crippen LogP contribution in [0.1, 0.15) is 39.5 Å². The molecule has 110 valence electrons. The number of amides is 1. The van der Waals surface area contributed by atoms with Crippen molar-refractivity contribution in [3.05, 3.63) is 22.5 Å². The normalized spacial score (nSPS) is 26.2. The molecule has 1 amide bonds. The maximum atomic E-state index is 12.1. The van der Waals surface area contributed by atoms with Gasteiger partial charge in [-0.1, -0.05) is 19.8 Å². The summed E-state index contributed by atoms with van der Waals surface area (Å²) < 4.78 is 1.30. The van der Waals surface area contributed by atoms with Crippen LogP contribution < -0.4 is 5.32 Å². The van der Waals surface area contributed by atoms with Crippen molar-refractivity contribution in [2.24, 2.45) is 5.92 Å². The van der Waals surface area contributed by atoms with E-state index < -0.39 is 4.92 Å². The molecule has 0 bridgehead atoms. The van der Waals surface area contributed by atoms with Gasteiger partial charge in [0, 0.05) is 5.54 Å². The van der Waals surface area contributed by atoms with Gasteiger partial charge in [-0.05, 0) is 25.7 Å². The molecule has 1 aromatic heterocycles. The summed E-state index contributed by atoms with van der Waals surface area (Å²) in [6.07, 6.45) is 6.83. The maximum absolute atomic E-state index is 12.1. The number of carbonyl (C=O) groups is 1. The highest BCUT2D eigenvalue weighted by Crippen LogP contribution is 2.33. The van der Waals surface area contributed by atoms with Crippen LogP contribution in [-0.2, 0) is 11.3 Å². The molecule has 1 fully saturated rings. The number of aromatic nitrogens is 2. The number of nitro groups is 1. The molecule has 0 aromatic carbocycles. The monoisotopic (exact) mass is 280 g/mol. The second-order valence-electron chi connectivity index (χ2n) is 5.77. The molecule has 1 aromatic rings. The van der Waals surface area contributed by atoms with Gasteiger partial charge in [-0.2, -0.15) is 5.10 Å². The fraction of sp³-hybridized carbons (Fsp3) is 0.692. The number of hydrogen-bond donors (Lipinski definition) is 1. The highest BCUT2D eigenvalue weighted by Gasteiger charge is 2.34. The fourth-order valence-electron chi connectivity index (χ4n) is 2.73. The molecule has 0 unspecified atom stereocenters. The summed E-state index contributed by atoms with van der Waals surface area (Å²) in [6, 6.07) is 0. The molecule has 2 atom stereocenters. The summed E-state index contributed by atoms with van der Waals surface area (Å²) in [5.41, 5.74) is -0.288. The lowest BCUT2D eigenvalue weighted by atomic mass is 9.75. The topological polar surface area (TPSA) is 90.1 Å². The molecule has 0 radical (unpaired) electrons. The molecule has 20 heavy (non-hydrogen) atoms. The Kier molecular flexibility index (Phi) is 4.06. The standard InChI is InChI=1S/C13H20N4O3/c1-10-5-3-4-6-13(10,2)15-12(18)9-16-8-11(7-14-16)17(19)20/h7-8,10H,3-6,9H2,1-2H3,(H,15,18)/t10-,13+/m1/s1. The van der Waals surface area contributed by atoms with Crippen molar-refractivity contribution in [1.82, 2.24) is 15.1 Å². The van der Waals surface area contributed by atoms with Crippen molar-refractivity contribution in [3.8, 4) is 0 Å². The summed E-state index contributed by atoms with van der Waals surface area (Å²) in [5, 5.41) is 17.5. The fourth-order valence-corrected chi connectivity index (χ4v) is 2.73. The first kappa shape index (κ1) is 14.5. The molecule has 2 rings (SSSR count). The van der Waals surface area contributed by atoms with Crippen molar-refractivity contribution >= 4 is 11.6 Å². The molecule has 0 saturated heterocycles. The van der Waals surface area contributed by atoms with Crippen LogP contribution in [0.4, 0.5) is 5.69 Å². The van der Waals surface area contributed by atoms with Gasteiger partial charge in [-0.15, -0.1) is 0 Å². The van der Waals surface area contributed by atoms with E-state index in [-0.39, 0.29) is 23.7 Å². The van der Waals surface area contributed by atoms with E-state index in [1.807, 2.05) is 0 Å². The molecule has 7 nitrogen and oxygen atoms in total. The second-order valence-corrected chi connectivity index (χ2v) is 5.77. The van der Waals surface area contributed by atoms with E-state index in [4.69, 9.17) is 0 Å². The number of rotatable bonds is 4. The van der Waals surface area contributed by atoms with E-state index in [0.29, 0.717) is 5.92 Å². The molecule has 0 aliphatic heterocycles. The SMILES string of the molecule is C[C@@H]1CCCC[C@]1(C)NC(=O)Cn1cc([N+](=O)[O-])cn1. The Morgan fingerprint density at radius 3 is 3.00 bits per heavy atom. The number of nitrogens with zero attached hydrogens (tertiary/aromatic N) is 3. The second kappa shape index (κ2) is 5.60.